The molecule has 110 valence electrons. The Morgan fingerprint density at radius 3 is 2.75 bits per heavy atom. The van der Waals surface area contributed by atoms with Crippen LogP contribution in [0.2, 0.25) is 0 Å². The van der Waals surface area contributed by atoms with Crippen molar-refractivity contribution >= 4 is 17.1 Å². The molecule has 0 radical (unpaired) electrons. The summed E-state index contributed by atoms with van der Waals surface area (Å²) in [5, 5.41) is 4.59. The van der Waals surface area contributed by atoms with Crippen LogP contribution in [0.3, 0.4) is 0 Å². The predicted molar refractivity (Wildman–Crippen MR) is 81.6 cm³/mol. The zero-order chi connectivity index (χ0) is 14.5. The Bertz CT molecular complexity index is 634. The highest BCUT2D eigenvalue weighted by Crippen LogP contribution is 2.46. The third-order valence-corrected chi connectivity index (χ3v) is 4.83. The van der Waals surface area contributed by atoms with Gasteiger partial charge >= 0.3 is 0 Å². The summed E-state index contributed by atoms with van der Waals surface area (Å²) in [5.41, 5.74) is 9.55. The molecule has 20 heavy (non-hydrogen) atoms. The zero-order valence-corrected chi connectivity index (χ0v) is 13.0. The highest BCUT2D eigenvalue weighted by molar-refractivity contribution is 5.77. The van der Waals surface area contributed by atoms with Gasteiger partial charge in [-0.05, 0) is 32.1 Å². The van der Waals surface area contributed by atoms with E-state index in [4.69, 9.17) is 5.73 Å². The smallest absolute Gasteiger partial charge is 0.202 e. The van der Waals surface area contributed by atoms with Gasteiger partial charge in [-0.2, -0.15) is 5.10 Å². The molecule has 5 heteroatoms. The van der Waals surface area contributed by atoms with Crippen molar-refractivity contribution in [1.29, 1.82) is 0 Å². The minimum Gasteiger partial charge on any atom is -0.369 e. The van der Waals surface area contributed by atoms with E-state index in [1.807, 2.05) is 11.6 Å². The topological polar surface area (TPSA) is 61.7 Å². The van der Waals surface area contributed by atoms with E-state index in [1.165, 1.54) is 25.7 Å². The number of nitrogens with zero attached hydrogens (tertiary/aromatic N) is 4. The second kappa shape index (κ2) is 4.50. The largest absolute Gasteiger partial charge is 0.369 e. The van der Waals surface area contributed by atoms with Gasteiger partial charge in [-0.25, -0.2) is 9.67 Å². The fourth-order valence-corrected chi connectivity index (χ4v) is 3.69. The van der Waals surface area contributed by atoms with Crippen LogP contribution in [0.15, 0.2) is 0 Å². The first-order chi connectivity index (χ1) is 9.45. The molecule has 0 saturated heterocycles. The van der Waals surface area contributed by atoms with Crippen LogP contribution >= 0.6 is 0 Å². The maximum Gasteiger partial charge on any atom is 0.202 e. The first-order valence-electron chi connectivity index (χ1n) is 7.66. The number of imidazole rings is 1. The van der Waals surface area contributed by atoms with Crippen molar-refractivity contribution in [2.24, 2.45) is 5.41 Å². The number of aromatic nitrogens is 4. The van der Waals surface area contributed by atoms with Crippen molar-refractivity contribution < 1.29 is 0 Å². The van der Waals surface area contributed by atoms with Crippen molar-refractivity contribution in [2.45, 2.75) is 66.0 Å². The molecule has 1 atom stereocenters. The normalized spacial score (nSPS) is 22.5. The van der Waals surface area contributed by atoms with Crippen molar-refractivity contribution in [3.8, 4) is 0 Å². The lowest BCUT2D eigenvalue weighted by atomic mass is 9.73. The average molecular weight is 275 g/mol. The first kappa shape index (κ1) is 13.5. The molecule has 1 aliphatic rings. The van der Waals surface area contributed by atoms with Gasteiger partial charge in [-0.1, -0.05) is 26.7 Å². The summed E-state index contributed by atoms with van der Waals surface area (Å²) in [6, 6.07) is 0.419. The van der Waals surface area contributed by atoms with Gasteiger partial charge in [0, 0.05) is 12.6 Å². The minimum absolute atomic E-state index is 0.261. The fourth-order valence-electron chi connectivity index (χ4n) is 3.69. The third kappa shape index (κ3) is 1.83. The molecule has 0 aliphatic heterocycles. The lowest BCUT2D eigenvalue weighted by molar-refractivity contribution is 0.148. The van der Waals surface area contributed by atoms with E-state index >= 15 is 0 Å². The van der Waals surface area contributed by atoms with E-state index in [0.29, 0.717) is 12.0 Å². The van der Waals surface area contributed by atoms with Gasteiger partial charge in [0.05, 0.1) is 5.69 Å². The Morgan fingerprint density at radius 2 is 2.10 bits per heavy atom. The molecule has 1 fully saturated rings. The van der Waals surface area contributed by atoms with Gasteiger partial charge in [-0.15, -0.1) is 0 Å². The summed E-state index contributed by atoms with van der Waals surface area (Å²) in [4.78, 5) is 4.58. The number of rotatable bonds is 2. The molecule has 1 aliphatic carbocycles. The van der Waals surface area contributed by atoms with E-state index in [0.717, 1.165) is 23.4 Å². The summed E-state index contributed by atoms with van der Waals surface area (Å²) in [7, 11) is 0. The van der Waals surface area contributed by atoms with Crippen molar-refractivity contribution in [3.05, 3.63) is 5.69 Å². The summed E-state index contributed by atoms with van der Waals surface area (Å²) in [5.74, 6) is 0.641. The molecular weight excluding hydrogens is 250 g/mol. The second-order valence-electron chi connectivity index (χ2n) is 6.66. The molecule has 0 aromatic carbocycles. The SMILES string of the molecule is CCn1nc(C)c2nc(N)n(C3CCCCC3(C)C)c21. The number of aryl methyl sites for hydroxylation is 2. The molecule has 2 aromatic heterocycles. The molecule has 0 spiro atoms. The quantitative estimate of drug-likeness (QED) is 0.914. The van der Waals surface area contributed by atoms with Crippen LogP contribution in [-0.2, 0) is 6.54 Å². The molecular formula is C15H25N5. The maximum absolute atomic E-state index is 6.25. The van der Waals surface area contributed by atoms with Crippen LogP contribution in [0.4, 0.5) is 5.95 Å². The number of fused-ring (bicyclic) bond motifs is 1. The fraction of sp³-hybridized carbons (Fsp3) is 0.733. The maximum atomic E-state index is 6.25. The van der Waals surface area contributed by atoms with Crippen LogP contribution in [0, 0.1) is 12.3 Å². The molecule has 0 amide bonds. The Morgan fingerprint density at radius 1 is 1.35 bits per heavy atom. The van der Waals surface area contributed by atoms with Gasteiger partial charge in [0.25, 0.3) is 0 Å². The molecule has 3 rings (SSSR count). The molecule has 2 aromatic rings. The summed E-state index contributed by atoms with van der Waals surface area (Å²) in [6.07, 6.45) is 5.01. The van der Waals surface area contributed by atoms with Crippen LogP contribution in [0.1, 0.15) is 58.2 Å². The van der Waals surface area contributed by atoms with Gasteiger partial charge in [0.1, 0.15) is 5.52 Å². The lowest BCUT2D eigenvalue weighted by Gasteiger charge is -2.39. The molecule has 1 unspecified atom stereocenters. The summed E-state index contributed by atoms with van der Waals surface area (Å²) in [6.45, 7) is 9.68. The minimum atomic E-state index is 0.261. The number of hydrogen-bond acceptors (Lipinski definition) is 3. The van der Waals surface area contributed by atoms with Gasteiger partial charge in [0.15, 0.2) is 5.65 Å². The van der Waals surface area contributed by atoms with E-state index < -0.39 is 0 Å². The molecule has 5 nitrogen and oxygen atoms in total. The predicted octanol–water partition coefficient (Wildman–Crippen LogP) is 3.28. The van der Waals surface area contributed by atoms with Gasteiger partial charge in [0.2, 0.25) is 5.95 Å². The molecule has 0 bridgehead atoms. The number of nitrogens with two attached hydrogens (primary N) is 1. The van der Waals surface area contributed by atoms with Gasteiger partial charge in [-0.3, -0.25) is 4.57 Å². The monoisotopic (exact) mass is 275 g/mol. The third-order valence-electron chi connectivity index (χ3n) is 4.83. The molecule has 2 N–H and O–H groups in total. The number of nitrogen functional groups attached to an aromatic ring is 1. The Labute approximate surface area is 120 Å². The van der Waals surface area contributed by atoms with E-state index in [-0.39, 0.29) is 5.41 Å². The van der Waals surface area contributed by atoms with Gasteiger partial charge < -0.3 is 5.73 Å². The Hall–Kier alpha value is -1.52. The number of anilines is 1. The van der Waals surface area contributed by atoms with Crippen LogP contribution < -0.4 is 5.73 Å². The Kier molecular flexibility index (Phi) is 3.03. The van der Waals surface area contributed by atoms with E-state index in [1.54, 1.807) is 0 Å². The van der Waals surface area contributed by atoms with Crippen LogP contribution in [0.5, 0.6) is 0 Å². The molecule has 2 heterocycles. The zero-order valence-electron chi connectivity index (χ0n) is 13.0. The highest BCUT2D eigenvalue weighted by Gasteiger charge is 2.36. The number of hydrogen-bond donors (Lipinski definition) is 1. The summed E-state index contributed by atoms with van der Waals surface area (Å²) < 4.78 is 4.29. The van der Waals surface area contributed by atoms with Crippen LogP contribution in [0.25, 0.3) is 11.2 Å². The van der Waals surface area contributed by atoms with Crippen molar-refractivity contribution in [3.63, 3.8) is 0 Å². The van der Waals surface area contributed by atoms with Crippen molar-refractivity contribution in [1.82, 2.24) is 19.3 Å². The lowest BCUT2D eigenvalue weighted by Crippen LogP contribution is -2.31. The average Bonchev–Trinajstić information content (AvgIpc) is 2.87. The second-order valence-corrected chi connectivity index (χ2v) is 6.66. The van der Waals surface area contributed by atoms with E-state index in [2.05, 4.69) is 35.4 Å². The highest BCUT2D eigenvalue weighted by atomic mass is 15.4. The van der Waals surface area contributed by atoms with Crippen LogP contribution in [-0.4, -0.2) is 19.3 Å². The van der Waals surface area contributed by atoms with Crippen molar-refractivity contribution in [2.75, 3.05) is 5.73 Å². The molecule has 1 saturated carbocycles. The standard InChI is InChI=1S/C15H25N5/c1-5-19-13-12(10(2)18-19)17-14(16)20(13)11-8-6-7-9-15(11,3)4/h11H,5-9H2,1-4H3,(H2,16,17). The Balaban J connectivity index is 2.22. The first-order valence-corrected chi connectivity index (χ1v) is 7.66. The van der Waals surface area contributed by atoms with E-state index in [9.17, 15) is 0 Å². The summed E-state index contributed by atoms with van der Waals surface area (Å²) >= 11 is 0.